The minimum absolute atomic E-state index is 0.397. The standard InChI is InChI=1S/C7H17NO2S/c1-3-4-11(10)6-7(9)5-8-2/h7-9H,3-6H2,1-2H3. The van der Waals surface area contributed by atoms with Gasteiger partial charge in [0.05, 0.1) is 11.9 Å². The van der Waals surface area contributed by atoms with Gasteiger partial charge in [-0.25, -0.2) is 0 Å². The molecule has 4 heteroatoms. The maximum Gasteiger partial charge on any atom is 0.0779 e. The molecule has 0 amide bonds. The lowest BCUT2D eigenvalue weighted by Crippen LogP contribution is -2.29. The fraction of sp³-hybridized carbons (Fsp3) is 1.00. The number of nitrogens with one attached hydrogen (secondary N) is 1. The molecule has 68 valence electrons. The lowest BCUT2D eigenvalue weighted by Gasteiger charge is -2.08. The van der Waals surface area contributed by atoms with Crippen molar-refractivity contribution < 1.29 is 9.32 Å². The molecule has 0 aliphatic heterocycles. The molecule has 0 rings (SSSR count). The Morgan fingerprint density at radius 1 is 1.64 bits per heavy atom. The van der Waals surface area contributed by atoms with Crippen molar-refractivity contribution in [1.29, 1.82) is 0 Å². The van der Waals surface area contributed by atoms with Crippen LogP contribution in [0.4, 0.5) is 0 Å². The number of rotatable bonds is 6. The lowest BCUT2D eigenvalue weighted by molar-refractivity contribution is 0.198. The zero-order valence-corrected chi connectivity index (χ0v) is 7.99. The summed E-state index contributed by atoms with van der Waals surface area (Å²) >= 11 is 0. The van der Waals surface area contributed by atoms with E-state index in [2.05, 4.69) is 5.32 Å². The molecular formula is C7H17NO2S. The fourth-order valence-electron chi connectivity index (χ4n) is 0.820. The number of hydrogen-bond donors (Lipinski definition) is 2. The molecule has 0 heterocycles. The predicted octanol–water partition coefficient (Wildman–Crippen LogP) is -0.275. The Labute approximate surface area is 70.6 Å². The number of aliphatic hydroxyl groups is 1. The minimum Gasteiger partial charge on any atom is -0.391 e. The van der Waals surface area contributed by atoms with Crippen LogP contribution >= 0.6 is 0 Å². The average molecular weight is 179 g/mol. The van der Waals surface area contributed by atoms with Crippen LogP contribution in [-0.2, 0) is 10.8 Å². The van der Waals surface area contributed by atoms with E-state index < -0.39 is 16.9 Å². The van der Waals surface area contributed by atoms with Gasteiger partial charge in [-0.2, -0.15) is 0 Å². The molecule has 11 heavy (non-hydrogen) atoms. The third kappa shape index (κ3) is 6.47. The van der Waals surface area contributed by atoms with E-state index in [-0.39, 0.29) is 0 Å². The first-order valence-electron chi connectivity index (χ1n) is 3.88. The first-order valence-corrected chi connectivity index (χ1v) is 5.37. The molecule has 2 atom stereocenters. The van der Waals surface area contributed by atoms with Crippen LogP contribution in [0.3, 0.4) is 0 Å². The Kier molecular flexibility index (Phi) is 6.80. The molecule has 2 N–H and O–H groups in total. The van der Waals surface area contributed by atoms with Crippen LogP contribution in [0.5, 0.6) is 0 Å². The highest BCUT2D eigenvalue weighted by atomic mass is 32.2. The van der Waals surface area contributed by atoms with Crippen LogP contribution in [0, 0.1) is 0 Å². The molecule has 0 bridgehead atoms. The van der Waals surface area contributed by atoms with Gasteiger partial charge in [0, 0.05) is 23.1 Å². The zero-order valence-electron chi connectivity index (χ0n) is 7.17. The van der Waals surface area contributed by atoms with Gasteiger partial charge in [0.25, 0.3) is 0 Å². The zero-order chi connectivity index (χ0) is 8.69. The molecule has 0 aromatic heterocycles. The van der Waals surface area contributed by atoms with Crippen molar-refractivity contribution in [2.24, 2.45) is 0 Å². The van der Waals surface area contributed by atoms with Crippen LogP contribution < -0.4 is 5.32 Å². The van der Waals surface area contributed by atoms with Crippen LogP contribution in [0.15, 0.2) is 0 Å². The molecule has 0 aromatic carbocycles. The summed E-state index contributed by atoms with van der Waals surface area (Å²) in [7, 11) is 0.928. The summed E-state index contributed by atoms with van der Waals surface area (Å²) in [5, 5.41) is 12.0. The van der Waals surface area contributed by atoms with Crippen molar-refractivity contribution in [2.75, 3.05) is 25.1 Å². The van der Waals surface area contributed by atoms with Crippen molar-refractivity contribution in [3.63, 3.8) is 0 Å². The molecule has 0 saturated heterocycles. The van der Waals surface area contributed by atoms with Gasteiger partial charge in [-0.15, -0.1) is 0 Å². The second-order valence-electron chi connectivity index (χ2n) is 2.52. The van der Waals surface area contributed by atoms with Gasteiger partial charge < -0.3 is 10.4 Å². The van der Waals surface area contributed by atoms with E-state index in [1.165, 1.54) is 0 Å². The molecule has 0 aromatic rings. The summed E-state index contributed by atoms with van der Waals surface area (Å²) in [4.78, 5) is 0. The third-order valence-electron chi connectivity index (χ3n) is 1.25. The van der Waals surface area contributed by atoms with E-state index in [1.807, 2.05) is 6.92 Å². The monoisotopic (exact) mass is 179 g/mol. The normalized spacial score (nSPS) is 16.3. The van der Waals surface area contributed by atoms with E-state index in [1.54, 1.807) is 7.05 Å². The van der Waals surface area contributed by atoms with Gasteiger partial charge in [0.2, 0.25) is 0 Å². The maximum atomic E-state index is 11.1. The minimum atomic E-state index is -0.842. The summed E-state index contributed by atoms with van der Waals surface area (Å²) in [5.41, 5.74) is 0. The van der Waals surface area contributed by atoms with E-state index >= 15 is 0 Å². The average Bonchev–Trinajstić information content (AvgIpc) is 1.87. The second-order valence-corrected chi connectivity index (χ2v) is 4.14. The third-order valence-corrected chi connectivity index (χ3v) is 2.87. The SMILES string of the molecule is CCCS(=O)CC(O)CNC. The van der Waals surface area contributed by atoms with Crippen molar-refractivity contribution >= 4 is 10.8 Å². The summed E-state index contributed by atoms with van der Waals surface area (Å²) in [6.45, 7) is 2.51. The predicted molar refractivity (Wildman–Crippen MR) is 48.1 cm³/mol. The van der Waals surface area contributed by atoms with E-state index in [0.717, 1.165) is 6.42 Å². The molecule has 0 aliphatic rings. The first kappa shape index (κ1) is 11.1. The quantitative estimate of drug-likeness (QED) is 0.590. The maximum absolute atomic E-state index is 11.1. The smallest absolute Gasteiger partial charge is 0.0779 e. The first-order chi connectivity index (χ1) is 5.20. The molecule has 2 unspecified atom stereocenters. The lowest BCUT2D eigenvalue weighted by atomic mass is 10.4. The Morgan fingerprint density at radius 3 is 2.73 bits per heavy atom. The Bertz CT molecular complexity index is 119. The van der Waals surface area contributed by atoms with Crippen LogP contribution in [0.25, 0.3) is 0 Å². The highest BCUT2D eigenvalue weighted by Gasteiger charge is 2.06. The van der Waals surface area contributed by atoms with E-state index in [9.17, 15) is 9.32 Å². The molecular weight excluding hydrogens is 162 g/mol. The second kappa shape index (κ2) is 6.76. The molecule has 0 radical (unpaired) electrons. The topological polar surface area (TPSA) is 49.3 Å². The van der Waals surface area contributed by atoms with Crippen LogP contribution in [0.1, 0.15) is 13.3 Å². The van der Waals surface area contributed by atoms with Gasteiger partial charge >= 0.3 is 0 Å². The number of likely N-dealkylation sites (N-methyl/N-ethyl adjacent to an activating group) is 1. The van der Waals surface area contributed by atoms with Crippen LogP contribution in [0.2, 0.25) is 0 Å². The Morgan fingerprint density at radius 2 is 2.27 bits per heavy atom. The number of hydrogen-bond acceptors (Lipinski definition) is 3. The molecule has 3 nitrogen and oxygen atoms in total. The van der Waals surface area contributed by atoms with Gasteiger partial charge in [-0.05, 0) is 13.5 Å². The van der Waals surface area contributed by atoms with Crippen LogP contribution in [-0.4, -0.2) is 40.5 Å². The van der Waals surface area contributed by atoms with Gasteiger partial charge in [0.15, 0.2) is 0 Å². The van der Waals surface area contributed by atoms with Gasteiger partial charge in [-0.1, -0.05) is 6.92 Å². The molecule has 0 fully saturated rings. The number of aliphatic hydroxyl groups excluding tert-OH is 1. The summed E-state index contributed by atoms with van der Waals surface area (Å²) in [6, 6.07) is 0. The van der Waals surface area contributed by atoms with E-state index in [0.29, 0.717) is 18.1 Å². The van der Waals surface area contributed by atoms with Crippen molar-refractivity contribution in [1.82, 2.24) is 5.32 Å². The van der Waals surface area contributed by atoms with E-state index in [4.69, 9.17) is 0 Å². The van der Waals surface area contributed by atoms with Gasteiger partial charge in [-0.3, -0.25) is 4.21 Å². The molecule has 0 spiro atoms. The summed E-state index contributed by atoms with van der Waals surface area (Å²) in [5.74, 6) is 1.09. The molecule has 0 saturated carbocycles. The highest BCUT2D eigenvalue weighted by Crippen LogP contribution is 1.90. The Balaban J connectivity index is 3.40. The van der Waals surface area contributed by atoms with Crippen molar-refractivity contribution in [3.8, 4) is 0 Å². The largest absolute Gasteiger partial charge is 0.391 e. The Hall–Kier alpha value is 0.0700. The van der Waals surface area contributed by atoms with Crippen molar-refractivity contribution in [3.05, 3.63) is 0 Å². The van der Waals surface area contributed by atoms with Crippen molar-refractivity contribution in [2.45, 2.75) is 19.4 Å². The summed E-state index contributed by atoms with van der Waals surface area (Å²) in [6.07, 6.45) is 0.450. The highest BCUT2D eigenvalue weighted by molar-refractivity contribution is 7.85. The van der Waals surface area contributed by atoms with Gasteiger partial charge in [0.1, 0.15) is 0 Å². The molecule has 0 aliphatic carbocycles. The fourth-order valence-corrected chi connectivity index (χ4v) is 1.99. The summed E-state index contributed by atoms with van der Waals surface area (Å²) < 4.78 is 11.1.